The molecule has 0 fully saturated rings. The van der Waals surface area contributed by atoms with Gasteiger partial charge in [0.05, 0.1) is 6.61 Å². The molecule has 1 nitrogen and oxygen atoms in total. The van der Waals surface area contributed by atoms with Crippen LogP contribution >= 0.6 is 0 Å². The van der Waals surface area contributed by atoms with Gasteiger partial charge in [0.1, 0.15) is 5.82 Å². The van der Waals surface area contributed by atoms with E-state index in [2.05, 4.69) is 0 Å². The highest BCUT2D eigenvalue weighted by molar-refractivity contribution is 5.66. The minimum atomic E-state index is -1.09. The molecule has 0 aliphatic rings. The van der Waals surface area contributed by atoms with Gasteiger partial charge in [0.25, 0.3) is 0 Å². The van der Waals surface area contributed by atoms with E-state index in [-0.39, 0.29) is 23.5 Å². The summed E-state index contributed by atoms with van der Waals surface area (Å²) in [5.74, 6) is -2.90. The van der Waals surface area contributed by atoms with Gasteiger partial charge in [-0.2, -0.15) is 4.39 Å². The van der Waals surface area contributed by atoms with Crippen LogP contribution in [0.2, 0.25) is 0 Å². The van der Waals surface area contributed by atoms with Gasteiger partial charge in [0.2, 0.25) is 5.82 Å². The summed E-state index contributed by atoms with van der Waals surface area (Å²) < 4.78 is 47.0. The Morgan fingerprint density at radius 3 is 2.24 bits per heavy atom. The van der Waals surface area contributed by atoms with Gasteiger partial charge >= 0.3 is 0 Å². The predicted molar refractivity (Wildman–Crippen MR) is 76.9 cm³/mol. The average molecular weight is 294 g/mol. The summed E-state index contributed by atoms with van der Waals surface area (Å²) in [6, 6.07) is 7.23. The van der Waals surface area contributed by atoms with Crippen molar-refractivity contribution in [2.75, 3.05) is 6.61 Å². The summed E-state index contributed by atoms with van der Waals surface area (Å²) in [6.07, 6.45) is 1.64. The first-order valence-electron chi connectivity index (χ1n) is 6.98. The highest BCUT2D eigenvalue weighted by Gasteiger charge is 2.18. The molecule has 0 saturated carbocycles. The van der Waals surface area contributed by atoms with Gasteiger partial charge in [-0.1, -0.05) is 25.5 Å². The number of halogens is 3. The largest absolute Gasteiger partial charge is 0.491 e. The third kappa shape index (κ3) is 3.20. The lowest BCUT2D eigenvalue weighted by Crippen LogP contribution is -1.99. The van der Waals surface area contributed by atoms with Crippen molar-refractivity contribution >= 4 is 0 Å². The molecule has 0 bridgehead atoms. The second kappa shape index (κ2) is 6.66. The fourth-order valence-electron chi connectivity index (χ4n) is 2.23. The number of rotatable bonds is 5. The summed E-state index contributed by atoms with van der Waals surface area (Å²) >= 11 is 0. The van der Waals surface area contributed by atoms with Crippen molar-refractivity contribution in [2.45, 2.75) is 26.7 Å². The maximum atomic E-state index is 14.1. The first kappa shape index (κ1) is 15.4. The van der Waals surface area contributed by atoms with Gasteiger partial charge in [-0.3, -0.25) is 0 Å². The van der Waals surface area contributed by atoms with Crippen LogP contribution in [0.3, 0.4) is 0 Å². The van der Waals surface area contributed by atoms with Crippen LogP contribution in [-0.2, 0) is 6.42 Å². The summed E-state index contributed by atoms with van der Waals surface area (Å²) in [5.41, 5.74) is 0.788. The van der Waals surface area contributed by atoms with E-state index >= 15 is 0 Å². The number of hydrogen-bond donors (Lipinski definition) is 0. The second-order valence-corrected chi connectivity index (χ2v) is 4.74. The zero-order valence-corrected chi connectivity index (χ0v) is 12.1. The Morgan fingerprint density at radius 1 is 0.905 bits per heavy atom. The van der Waals surface area contributed by atoms with Crippen LogP contribution in [0.4, 0.5) is 13.2 Å². The van der Waals surface area contributed by atoms with Crippen LogP contribution in [0.15, 0.2) is 30.3 Å². The molecule has 21 heavy (non-hydrogen) atoms. The average Bonchev–Trinajstić information content (AvgIpc) is 2.46. The Bertz CT molecular complexity index is 638. The molecule has 112 valence electrons. The highest BCUT2D eigenvalue weighted by Crippen LogP contribution is 2.31. The molecule has 0 spiro atoms. The second-order valence-electron chi connectivity index (χ2n) is 4.74. The zero-order valence-electron chi connectivity index (χ0n) is 12.1. The summed E-state index contributed by atoms with van der Waals surface area (Å²) in [6.45, 7) is 3.90. The molecule has 0 saturated heterocycles. The van der Waals surface area contributed by atoms with E-state index in [1.165, 1.54) is 24.3 Å². The molecule has 0 atom stereocenters. The van der Waals surface area contributed by atoms with Crippen molar-refractivity contribution in [1.29, 1.82) is 0 Å². The number of ether oxygens (including phenoxy) is 1. The molecule has 0 aliphatic carbocycles. The maximum absolute atomic E-state index is 14.1. The number of hydrogen-bond acceptors (Lipinski definition) is 1. The molecule has 2 aromatic carbocycles. The molecule has 2 rings (SSSR count). The van der Waals surface area contributed by atoms with Gasteiger partial charge < -0.3 is 4.74 Å². The lowest BCUT2D eigenvalue weighted by molar-refractivity contribution is 0.314. The maximum Gasteiger partial charge on any atom is 0.201 e. The van der Waals surface area contributed by atoms with Gasteiger partial charge in [0, 0.05) is 11.1 Å². The standard InChI is InChI=1S/C17H17F3O/c1-3-5-11-6-7-12(14(18)10-11)13-8-9-15(21-4-2)17(20)16(13)19/h6-10H,3-5H2,1-2H3. The van der Waals surface area contributed by atoms with Crippen molar-refractivity contribution < 1.29 is 17.9 Å². The van der Waals surface area contributed by atoms with Crippen LogP contribution in [0.1, 0.15) is 25.8 Å². The topological polar surface area (TPSA) is 9.23 Å². The van der Waals surface area contributed by atoms with Crippen molar-refractivity contribution in [3.8, 4) is 16.9 Å². The molecule has 0 radical (unpaired) electrons. The Labute approximate surface area is 122 Å². The first-order chi connectivity index (χ1) is 10.1. The van der Waals surface area contributed by atoms with Gasteiger partial charge in [-0.25, -0.2) is 8.78 Å². The van der Waals surface area contributed by atoms with Crippen LogP contribution in [-0.4, -0.2) is 6.61 Å². The zero-order chi connectivity index (χ0) is 15.4. The van der Waals surface area contributed by atoms with E-state index in [9.17, 15) is 13.2 Å². The quantitative estimate of drug-likeness (QED) is 0.743. The van der Waals surface area contributed by atoms with Crippen LogP contribution < -0.4 is 4.74 Å². The monoisotopic (exact) mass is 294 g/mol. The Hall–Kier alpha value is -1.97. The van der Waals surface area contributed by atoms with E-state index in [4.69, 9.17) is 4.74 Å². The third-order valence-corrected chi connectivity index (χ3v) is 3.21. The highest BCUT2D eigenvalue weighted by atomic mass is 19.2. The fourth-order valence-corrected chi connectivity index (χ4v) is 2.23. The van der Waals surface area contributed by atoms with E-state index < -0.39 is 17.5 Å². The minimum Gasteiger partial charge on any atom is -0.491 e. The molecule has 2 aromatic rings. The van der Waals surface area contributed by atoms with E-state index in [0.29, 0.717) is 0 Å². The molecule has 0 N–H and O–H groups in total. The van der Waals surface area contributed by atoms with Gasteiger partial charge in [0.15, 0.2) is 11.6 Å². The molecular weight excluding hydrogens is 277 g/mol. The molecule has 0 aliphatic heterocycles. The van der Waals surface area contributed by atoms with Crippen LogP contribution in [0, 0.1) is 17.5 Å². The Balaban J connectivity index is 2.45. The van der Waals surface area contributed by atoms with Crippen molar-refractivity contribution in [2.24, 2.45) is 0 Å². The van der Waals surface area contributed by atoms with Gasteiger partial charge in [-0.05, 0) is 37.1 Å². The van der Waals surface area contributed by atoms with Crippen molar-refractivity contribution in [3.63, 3.8) is 0 Å². The molecule has 0 aromatic heterocycles. The van der Waals surface area contributed by atoms with Gasteiger partial charge in [-0.15, -0.1) is 0 Å². The normalized spacial score (nSPS) is 10.7. The SMILES string of the molecule is CCCc1ccc(-c2ccc(OCC)c(F)c2F)c(F)c1. The predicted octanol–water partition coefficient (Wildman–Crippen LogP) is 5.12. The fraction of sp³-hybridized carbons (Fsp3) is 0.294. The minimum absolute atomic E-state index is 0.0503. The van der Waals surface area contributed by atoms with Crippen LogP contribution in [0.5, 0.6) is 5.75 Å². The Morgan fingerprint density at radius 2 is 1.62 bits per heavy atom. The van der Waals surface area contributed by atoms with E-state index in [1.54, 1.807) is 13.0 Å². The molecule has 0 heterocycles. The smallest absolute Gasteiger partial charge is 0.201 e. The van der Waals surface area contributed by atoms with E-state index in [0.717, 1.165) is 18.4 Å². The summed E-state index contributed by atoms with van der Waals surface area (Å²) in [7, 11) is 0. The summed E-state index contributed by atoms with van der Waals surface area (Å²) in [5, 5.41) is 0. The molecular formula is C17H17F3O. The van der Waals surface area contributed by atoms with E-state index in [1.807, 2.05) is 6.92 Å². The molecule has 0 unspecified atom stereocenters. The number of aryl methyl sites for hydroxylation is 1. The third-order valence-electron chi connectivity index (χ3n) is 3.21. The first-order valence-corrected chi connectivity index (χ1v) is 6.98. The number of benzene rings is 2. The van der Waals surface area contributed by atoms with Crippen molar-refractivity contribution in [1.82, 2.24) is 0 Å². The van der Waals surface area contributed by atoms with Crippen LogP contribution in [0.25, 0.3) is 11.1 Å². The molecule has 0 amide bonds. The summed E-state index contributed by atoms with van der Waals surface area (Å²) in [4.78, 5) is 0. The Kier molecular flexibility index (Phi) is 4.89. The lowest BCUT2D eigenvalue weighted by Gasteiger charge is -2.10. The lowest BCUT2D eigenvalue weighted by atomic mass is 10.0. The molecule has 4 heteroatoms. The van der Waals surface area contributed by atoms with Crippen molar-refractivity contribution in [3.05, 3.63) is 53.3 Å².